The molecule has 5 N–H and O–H groups in total. The molecular weight excluding hydrogens is 186 g/mol. The van der Waals surface area contributed by atoms with Crippen LogP contribution in [0.2, 0.25) is 0 Å². The van der Waals surface area contributed by atoms with E-state index in [0.717, 1.165) is 12.3 Å². The Morgan fingerprint density at radius 1 is 1.69 bits per heavy atom. The second kappa shape index (κ2) is 7.92. The molecule has 1 unspecified atom stereocenters. The molecule has 0 aliphatic carbocycles. The summed E-state index contributed by atoms with van der Waals surface area (Å²) in [6, 6.07) is -0.599. The number of nitrogens with two attached hydrogens (primary N) is 2. The molecule has 0 aromatic rings. The van der Waals surface area contributed by atoms with Crippen molar-refractivity contribution in [3.8, 4) is 12.3 Å². The highest BCUT2D eigenvalue weighted by atomic mass is 32.2. The van der Waals surface area contributed by atoms with Crippen molar-refractivity contribution in [3.05, 3.63) is 0 Å². The number of nitrogens with one attached hydrogen (secondary N) is 1. The lowest BCUT2D eigenvalue weighted by Gasteiger charge is -2.07. The first kappa shape index (κ1) is 12.3. The van der Waals surface area contributed by atoms with Crippen LogP contribution in [0.25, 0.3) is 0 Å². The highest BCUT2D eigenvalue weighted by molar-refractivity contribution is 7.99. The van der Waals surface area contributed by atoms with Gasteiger partial charge in [0.25, 0.3) is 0 Å². The van der Waals surface area contributed by atoms with Crippen LogP contribution < -0.4 is 16.8 Å². The van der Waals surface area contributed by atoms with E-state index in [1.54, 1.807) is 11.8 Å². The van der Waals surface area contributed by atoms with E-state index >= 15 is 0 Å². The molecule has 13 heavy (non-hydrogen) atoms. The van der Waals surface area contributed by atoms with Crippen molar-refractivity contribution in [1.82, 2.24) is 5.32 Å². The molecule has 5 heteroatoms. The summed E-state index contributed by atoms with van der Waals surface area (Å²) in [4.78, 5) is 10.5. The normalized spacial score (nSPS) is 12.0. The van der Waals surface area contributed by atoms with Crippen molar-refractivity contribution in [2.45, 2.75) is 6.04 Å². The Kier molecular flexibility index (Phi) is 7.50. The van der Waals surface area contributed by atoms with Gasteiger partial charge in [-0.25, -0.2) is 0 Å². The maximum Gasteiger partial charge on any atom is 0.235 e. The molecule has 0 rings (SSSR count). The van der Waals surface area contributed by atoms with Crippen LogP contribution in [0.1, 0.15) is 0 Å². The van der Waals surface area contributed by atoms with Crippen molar-refractivity contribution in [3.63, 3.8) is 0 Å². The first-order chi connectivity index (χ1) is 6.18. The Morgan fingerprint density at radius 2 is 2.38 bits per heavy atom. The molecule has 1 amide bonds. The SMILES string of the molecule is C#CCSCCNCC(N)C(N)=O. The van der Waals surface area contributed by atoms with Crippen LogP contribution in [0.4, 0.5) is 0 Å². The lowest BCUT2D eigenvalue weighted by molar-refractivity contribution is -0.119. The number of amides is 1. The van der Waals surface area contributed by atoms with Crippen LogP contribution in [0.5, 0.6) is 0 Å². The summed E-state index contributed by atoms with van der Waals surface area (Å²) in [5.41, 5.74) is 10.3. The molecule has 0 aliphatic rings. The molecule has 0 saturated carbocycles. The largest absolute Gasteiger partial charge is 0.368 e. The van der Waals surface area contributed by atoms with Gasteiger partial charge in [-0.3, -0.25) is 4.79 Å². The summed E-state index contributed by atoms with van der Waals surface area (Å²) >= 11 is 1.66. The Hall–Kier alpha value is -0.700. The predicted molar refractivity (Wildman–Crippen MR) is 56.2 cm³/mol. The summed E-state index contributed by atoms with van der Waals surface area (Å²) in [6.07, 6.45) is 5.06. The zero-order chi connectivity index (χ0) is 10.1. The van der Waals surface area contributed by atoms with Crippen LogP contribution in [0.15, 0.2) is 0 Å². The van der Waals surface area contributed by atoms with Gasteiger partial charge in [-0.2, -0.15) is 0 Å². The smallest absolute Gasteiger partial charge is 0.235 e. The quantitative estimate of drug-likeness (QED) is 0.355. The Balaban J connectivity index is 3.17. The van der Waals surface area contributed by atoms with Crippen molar-refractivity contribution in [2.75, 3.05) is 24.6 Å². The molecule has 0 spiro atoms. The average Bonchev–Trinajstić information content (AvgIpc) is 2.10. The molecular formula is C8H15N3OS. The summed E-state index contributed by atoms with van der Waals surface area (Å²) in [6.45, 7) is 1.21. The lowest BCUT2D eigenvalue weighted by Crippen LogP contribution is -2.44. The number of hydrogen-bond donors (Lipinski definition) is 3. The molecule has 74 valence electrons. The van der Waals surface area contributed by atoms with E-state index in [2.05, 4.69) is 11.2 Å². The maximum absolute atomic E-state index is 10.5. The minimum atomic E-state index is -0.599. The predicted octanol–water partition coefficient (Wildman–Crippen LogP) is -1.24. The Bertz CT molecular complexity index is 190. The van der Waals surface area contributed by atoms with Gasteiger partial charge in [0.2, 0.25) is 5.91 Å². The van der Waals surface area contributed by atoms with E-state index in [1.165, 1.54) is 0 Å². The highest BCUT2D eigenvalue weighted by Gasteiger charge is 2.06. The third kappa shape index (κ3) is 7.65. The van der Waals surface area contributed by atoms with Gasteiger partial charge >= 0.3 is 0 Å². The summed E-state index contributed by atoms with van der Waals surface area (Å²) in [5.74, 6) is 3.66. The van der Waals surface area contributed by atoms with E-state index in [0.29, 0.717) is 12.3 Å². The van der Waals surface area contributed by atoms with Crippen LogP contribution in [-0.2, 0) is 4.79 Å². The number of carbonyl (C=O) groups excluding carboxylic acids is 1. The van der Waals surface area contributed by atoms with E-state index in [-0.39, 0.29) is 0 Å². The van der Waals surface area contributed by atoms with Crippen molar-refractivity contribution in [2.24, 2.45) is 11.5 Å². The zero-order valence-electron chi connectivity index (χ0n) is 7.45. The van der Waals surface area contributed by atoms with Gasteiger partial charge in [-0.15, -0.1) is 18.2 Å². The van der Waals surface area contributed by atoms with E-state index in [9.17, 15) is 4.79 Å². The average molecular weight is 201 g/mol. The van der Waals surface area contributed by atoms with Crippen LogP contribution >= 0.6 is 11.8 Å². The molecule has 0 heterocycles. The van der Waals surface area contributed by atoms with Gasteiger partial charge in [0.1, 0.15) is 0 Å². The standard InChI is InChI=1S/C8H15N3OS/c1-2-4-13-5-3-11-6-7(9)8(10)12/h1,7,11H,3-6,9H2,(H2,10,12). The fourth-order valence-corrected chi connectivity index (χ4v) is 1.18. The molecule has 0 aromatic carbocycles. The summed E-state index contributed by atoms with van der Waals surface area (Å²) < 4.78 is 0. The third-order valence-electron chi connectivity index (χ3n) is 1.34. The number of hydrogen-bond acceptors (Lipinski definition) is 4. The third-order valence-corrected chi connectivity index (χ3v) is 2.20. The minimum absolute atomic E-state index is 0.423. The molecule has 0 fully saturated rings. The van der Waals surface area contributed by atoms with Gasteiger partial charge < -0.3 is 16.8 Å². The molecule has 4 nitrogen and oxygen atoms in total. The van der Waals surface area contributed by atoms with E-state index in [4.69, 9.17) is 17.9 Å². The molecule has 0 radical (unpaired) electrons. The van der Waals surface area contributed by atoms with Crippen molar-refractivity contribution >= 4 is 17.7 Å². The topological polar surface area (TPSA) is 81.1 Å². The van der Waals surface area contributed by atoms with Gasteiger partial charge in [-0.1, -0.05) is 5.92 Å². The molecule has 1 atom stereocenters. The number of thioether (sulfide) groups is 1. The second-order valence-electron chi connectivity index (χ2n) is 2.47. The Morgan fingerprint density at radius 3 is 2.92 bits per heavy atom. The summed E-state index contributed by atoms with van der Waals surface area (Å²) in [7, 11) is 0. The number of terminal acetylenes is 1. The van der Waals surface area contributed by atoms with E-state index in [1.807, 2.05) is 0 Å². The molecule has 0 aromatic heterocycles. The molecule has 0 aliphatic heterocycles. The van der Waals surface area contributed by atoms with Gasteiger partial charge in [0.15, 0.2) is 0 Å². The number of rotatable bonds is 7. The zero-order valence-corrected chi connectivity index (χ0v) is 8.27. The lowest BCUT2D eigenvalue weighted by atomic mass is 10.3. The first-order valence-corrected chi connectivity index (χ1v) is 5.10. The second-order valence-corrected chi connectivity index (χ2v) is 3.57. The van der Waals surface area contributed by atoms with Crippen LogP contribution in [0.3, 0.4) is 0 Å². The van der Waals surface area contributed by atoms with Gasteiger partial charge in [0, 0.05) is 18.8 Å². The molecule has 0 saturated heterocycles. The van der Waals surface area contributed by atoms with Crippen molar-refractivity contribution in [1.29, 1.82) is 0 Å². The maximum atomic E-state index is 10.5. The minimum Gasteiger partial charge on any atom is -0.368 e. The highest BCUT2D eigenvalue weighted by Crippen LogP contribution is 1.94. The number of carbonyl (C=O) groups is 1. The molecule has 0 bridgehead atoms. The first-order valence-electron chi connectivity index (χ1n) is 3.95. The summed E-state index contributed by atoms with van der Waals surface area (Å²) in [5, 5.41) is 3.01. The van der Waals surface area contributed by atoms with Crippen molar-refractivity contribution < 1.29 is 4.79 Å². The van der Waals surface area contributed by atoms with Gasteiger partial charge in [-0.05, 0) is 0 Å². The van der Waals surface area contributed by atoms with Crippen LogP contribution in [0, 0.1) is 12.3 Å². The van der Waals surface area contributed by atoms with Crippen LogP contribution in [-0.4, -0.2) is 36.5 Å². The monoisotopic (exact) mass is 201 g/mol. The van der Waals surface area contributed by atoms with Gasteiger partial charge in [0.05, 0.1) is 11.8 Å². The Labute approximate surface area is 82.8 Å². The number of primary amides is 1. The fraction of sp³-hybridized carbons (Fsp3) is 0.625. The van der Waals surface area contributed by atoms with E-state index < -0.39 is 11.9 Å². The fourth-order valence-electron chi connectivity index (χ4n) is 0.634.